The van der Waals surface area contributed by atoms with Gasteiger partial charge < -0.3 is 15.0 Å². The zero-order chi connectivity index (χ0) is 15.2. The normalized spacial score (nSPS) is 12.1. The number of benzene rings is 1. The van der Waals surface area contributed by atoms with Crippen molar-refractivity contribution < 1.29 is 9.90 Å². The molecule has 0 spiro atoms. The Bertz CT molecular complexity index is 610. The summed E-state index contributed by atoms with van der Waals surface area (Å²) in [6.45, 7) is 2.23. The van der Waals surface area contributed by atoms with Crippen molar-refractivity contribution in [3.05, 3.63) is 53.3 Å². The van der Waals surface area contributed by atoms with Gasteiger partial charge in [-0.3, -0.25) is 4.79 Å². The standard InChI is InChI=1S/C16H19ClN2O2/c1-2-4-15(20)12-7-8-19(10-12)11-16(21)18-14-6-3-5-13(17)9-14/h3,5-10,15,20H,2,4,11H2,1H3,(H,18,21). The number of aliphatic hydroxyl groups is 1. The van der Waals surface area contributed by atoms with Crippen LogP contribution in [0.25, 0.3) is 0 Å². The number of aliphatic hydroxyl groups excluding tert-OH is 1. The van der Waals surface area contributed by atoms with E-state index < -0.39 is 6.10 Å². The molecule has 0 bridgehead atoms. The maximum atomic E-state index is 12.0. The fraction of sp³-hybridized carbons (Fsp3) is 0.312. The molecule has 0 aliphatic rings. The number of aromatic nitrogens is 1. The molecule has 0 saturated carbocycles. The maximum Gasteiger partial charge on any atom is 0.244 e. The fourth-order valence-electron chi connectivity index (χ4n) is 2.13. The van der Waals surface area contributed by atoms with Gasteiger partial charge in [0.25, 0.3) is 0 Å². The van der Waals surface area contributed by atoms with Crippen molar-refractivity contribution in [2.75, 3.05) is 5.32 Å². The quantitative estimate of drug-likeness (QED) is 0.856. The maximum absolute atomic E-state index is 12.0. The van der Waals surface area contributed by atoms with Gasteiger partial charge in [0.1, 0.15) is 6.54 Å². The second kappa shape index (κ2) is 7.29. The Balaban J connectivity index is 1.94. The Morgan fingerprint density at radius 2 is 2.24 bits per heavy atom. The molecule has 1 unspecified atom stereocenters. The van der Waals surface area contributed by atoms with Crippen molar-refractivity contribution in [1.29, 1.82) is 0 Å². The Labute approximate surface area is 129 Å². The SMILES string of the molecule is CCCC(O)c1ccn(CC(=O)Nc2cccc(Cl)c2)c1. The third-order valence-electron chi connectivity index (χ3n) is 3.15. The lowest BCUT2D eigenvalue weighted by Crippen LogP contribution is -2.17. The molecule has 0 aliphatic carbocycles. The van der Waals surface area contributed by atoms with Crippen LogP contribution in [0.1, 0.15) is 31.4 Å². The summed E-state index contributed by atoms with van der Waals surface area (Å²) in [4.78, 5) is 12.0. The van der Waals surface area contributed by atoms with E-state index in [9.17, 15) is 9.90 Å². The molecule has 112 valence electrons. The highest BCUT2D eigenvalue weighted by Crippen LogP contribution is 2.18. The first-order chi connectivity index (χ1) is 10.1. The van der Waals surface area contributed by atoms with Gasteiger partial charge in [-0.15, -0.1) is 0 Å². The molecule has 5 heteroatoms. The summed E-state index contributed by atoms with van der Waals surface area (Å²) in [5.74, 6) is -0.135. The summed E-state index contributed by atoms with van der Waals surface area (Å²) >= 11 is 5.87. The van der Waals surface area contributed by atoms with Gasteiger partial charge in [-0.2, -0.15) is 0 Å². The Hall–Kier alpha value is -1.78. The third kappa shape index (κ3) is 4.62. The zero-order valence-electron chi connectivity index (χ0n) is 11.9. The zero-order valence-corrected chi connectivity index (χ0v) is 12.7. The summed E-state index contributed by atoms with van der Waals surface area (Å²) in [6.07, 6.45) is 4.77. The van der Waals surface area contributed by atoms with Crippen molar-refractivity contribution in [2.24, 2.45) is 0 Å². The number of nitrogens with one attached hydrogen (secondary N) is 1. The van der Waals surface area contributed by atoms with Gasteiger partial charge in [-0.25, -0.2) is 0 Å². The van der Waals surface area contributed by atoms with Crippen molar-refractivity contribution in [1.82, 2.24) is 4.57 Å². The van der Waals surface area contributed by atoms with E-state index >= 15 is 0 Å². The lowest BCUT2D eigenvalue weighted by atomic mass is 10.1. The molecule has 2 rings (SSSR count). The number of nitrogens with zero attached hydrogens (tertiary/aromatic N) is 1. The second-order valence-corrected chi connectivity index (χ2v) is 5.42. The van der Waals surface area contributed by atoms with E-state index in [-0.39, 0.29) is 12.5 Å². The fourth-order valence-corrected chi connectivity index (χ4v) is 2.32. The first-order valence-corrected chi connectivity index (χ1v) is 7.35. The number of hydrogen-bond donors (Lipinski definition) is 2. The van der Waals surface area contributed by atoms with Crippen LogP contribution in [0.2, 0.25) is 5.02 Å². The summed E-state index contributed by atoms with van der Waals surface area (Å²) < 4.78 is 1.76. The number of carbonyl (C=O) groups excluding carboxylic acids is 1. The van der Waals surface area contributed by atoms with Crippen molar-refractivity contribution in [3.63, 3.8) is 0 Å². The van der Waals surface area contributed by atoms with Crippen LogP contribution in [0, 0.1) is 0 Å². The van der Waals surface area contributed by atoms with Gasteiger partial charge in [-0.1, -0.05) is 31.0 Å². The largest absolute Gasteiger partial charge is 0.388 e. The highest BCUT2D eigenvalue weighted by molar-refractivity contribution is 6.30. The molecule has 1 atom stereocenters. The van der Waals surface area contributed by atoms with E-state index in [2.05, 4.69) is 5.32 Å². The number of rotatable bonds is 6. The van der Waals surface area contributed by atoms with E-state index in [0.717, 1.165) is 18.4 Å². The topological polar surface area (TPSA) is 54.3 Å². The molecule has 0 aliphatic heterocycles. The minimum Gasteiger partial charge on any atom is -0.388 e. The predicted molar refractivity (Wildman–Crippen MR) is 84.4 cm³/mol. The average molecular weight is 307 g/mol. The monoisotopic (exact) mass is 306 g/mol. The molecule has 0 fully saturated rings. The van der Waals surface area contributed by atoms with E-state index in [0.29, 0.717) is 10.7 Å². The van der Waals surface area contributed by atoms with E-state index in [4.69, 9.17) is 11.6 Å². The number of hydrogen-bond acceptors (Lipinski definition) is 2. The molecule has 1 aromatic heterocycles. The molecule has 1 aromatic carbocycles. The van der Waals surface area contributed by atoms with Crippen molar-refractivity contribution >= 4 is 23.2 Å². The van der Waals surface area contributed by atoms with Crippen LogP contribution in [-0.2, 0) is 11.3 Å². The van der Waals surface area contributed by atoms with Crippen LogP contribution >= 0.6 is 11.6 Å². The highest BCUT2D eigenvalue weighted by Gasteiger charge is 2.09. The predicted octanol–water partition coefficient (Wildman–Crippen LogP) is 3.61. The van der Waals surface area contributed by atoms with Crippen LogP contribution in [0.4, 0.5) is 5.69 Å². The number of amides is 1. The van der Waals surface area contributed by atoms with Gasteiger partial charge in [0.05, 0.1) is 6.10 Å². The molecular formula is C16H19ClN2O2. The molecule has 4 nitrogen and oxygen atoms in total. The number of halogens is 1. The molecule has 0 radical (unpaired) electrons. The van der Waals surface area contributed by atoms with E-state index in [1.54, 1.807) is 41.2 Å². The highest BCUT2D eigenvalue weighted by atomic mass is 35.5. The van der Waals surface area contributed by atoms with Crippen molar-refractivity contribution in [3.8, 4) is 0 Å². The van der Waals surface area contributed by atoms with Crippen molar-refractivity contribution in [2.45, 2.75) is 32.4 Å². The van der Waals surface area contributed by atoms with Crippen LogP contribution in [0.3, 0.4) is 0 Å². The molecular weight excluding hydrogens is 288 g/mol. The minimum absolute atomic E-state index is 0.135. The molecule has 1 amide bonds. The molecule has 2 N–H and O–H groups in total. The van der Waals surface area contributed by atoms with Crippen LogP contribution in [-0.4, -0.2) is 15.6 Å². The third-order valence-corrected chi connectivity index (χ3v) is 3.39. The van der Waals surface area contributed by atoms with Crippen LogP contribution in [0.15, 0.2) is 42.7 Å². The van der Waals surface area contributed by atoms with Gasteiger partial charge in [0.2, 0.25) is 5.91 Å². The smallest absolute Gasteiger partial charge is 0.244 e. The lowest BCUT2D eigenvalue weighted by molar-refractivity contribution is -0.116. The summed E-state index contributed by atoms with van der Waals surface area (Å²) in [7, 11) is 0. The molecule has 1 heterocycles. The first-order valence-electron chi connectivity index (χ1n) is 6.97. The second-order valence-electron chi connectivity index (χ2n) is 4.98. The van der Waals surface area contributed by atoms with Gasteiger partial charge in [0.15, 0.2) is 0 Å². The Kier molecular flexibility index (Phi) is 5.42. The first kappa shape index (κ1) is 15.6. The lowest BCUT2D eigenvalue weighted by Gasteiger charge is -2.07. The average Bonchev–Trinajstić information content (AvgIpc) is 2.87. The van der Waals surface area contributed by atoms with Crippen LogP contribution in [0.5, 0.6) is 0 Å². The van der Waals surface area contributed by atoms with E-state index in [1.807, 2.05) is 13.0 Å². The summed E-state index contributed by atoms with van der Waals surface area (Å²) in [5.41, 5.74) is 1.51. The van der Waals surface area contributed by atoms with Gasteiger partial charge in [-0.05, 0) is 36.2 Å². The van der Waals surface area contributed by atoms with Gasteiger partial charge >= 0.3 is 0 Å². The number of carbonyl (C=O) groups is 1. The Morgan fingerprint density at radius 3 is 2.95 bits per heavy atom. The minimum atomic E-state index is -0.466. The number of anilines is 1. The summed E-state index contributed by atoms with van der Waals surface area (Å²) in [6, 6.07) is 8.87. The molecule has 0 saturated heterocycles. The Morgan fingerprint density at radius 1 is 1.43 bits per heavy atom. The molecule has 2 aromatic rings. The van der Waals surface area contributed by atoms with Gasteiger partial charge in [0, 0.05) is 23.1 Å². The summed E-state index contributed by atoms with van der Waals surface area (Å²) in [5, 5.41) is 13.3. The molecule has 21 heavy (non-hydrogen) atoms. The van der Waals surface area contributed by atoms with E-state index in [1.165, 1.54) is 0 Å². The van der Waals surface area contributed by atoms with Crippen LogP contribution < -0.4 is 5.32 Å².